The van der Waals surface area contributed by atoms with Crippen LogP contribution in [0.3, 0.4) is 0 Å². The maximum absolute atomic E-state index is 15.0. The second kappa shape index (κ2) is 9.76. The maximum Gasteiger partial charge on any atom is 0.247 e. The number of pyridine rings is 1. The summed E-state index contributed by atoms with van der Waals surface area (Å²) in [5.41, 5.74) is 4.52. The molecular weight excluding hydrogens is 455 g/mol. The summed E-state index contributed by atoms with van der Waals surface area (Å²) in [6.07, 6.45) is 4.55. The van der Waals surface area contributed by atoms with Gasteiger partial charge in [0.25, 0.3) is 0 Å². The van der Waals surface area contributed by atoms with E-state index in [1.165, 1.54) is 12.1 Å². The lowest BCUT2D eigenvalue weighted by atomic mass is 9.95. The molecule has 0 spiro atoms. The lowest BCUT2D eigenvalue weighted by molar-refractivity contribution is -0.111. The molecular formula is C29H21FN4O2. The fourth-order valence-electron chi connectivity index (χ4n) is 3.86. The lowest BCUT2D eigenvalue weighted by Gasteiger charge is -2.13. The summed E-state index contributed by atoms with van der Waals surface area (Å²) in [4.78, 5) is 24.9. The van der Waals surface area contributed by atoms with Crippen molar-refractivity contribution in [2.24, 2.45) is 0 Å². The largest absolute Gasteiger partial charge is 0.436 e. The highest BCUT2D eigenvalue weighted by Crippen LogP contribution is 2.35. The first kappa shape index (κ1) is 22.9. The number of aryl methyl sites for hydroxylation is 1. The minimum absolute atomic E-state index is 0.0862. The molecule has 7 heteroatoms. The number of nitrogens with zero attached hydrogens (tertiary/aromatic N) is 3. The third-order valence-corrected chi connectivity index (χ3v) is 5.55. The molecule has 2 aromatic heterocycles. The molecule has 0 aliphatic rings. The van der Waals surface area contributed by atoms with Crippen molar-refractivity contribution in [2.75, 3.05) is 5.32 Å². The van der Waals surface area contributed by atoms with E-state index in [4.69, 9.17) is 4.74 Å². The topological polar surface area (TPSA) is 77.0 Å². The SMILES string of the molecule is C=CC(=O)Nc1cccc(-c2cc(-c3ccc(Oc4ccccn4)c(F)c3)cc3cnc(C)nc23)c1. The number of amides is 1. The van der Waals surface area contributed by atoms with Crippen LogP contribution in [-0.2, 0) is 4.79 Å². The number of carbonyl (C=O) groups is 1. The molecule has 0 saturated heterocycles. The molecule has 0 bridgehead atoms. The highest BCUT2D eigenvalue weighted by Gasteiger charge is 2.14. The molecule has 0 unspecified atom stereocenters. The number of benzene rings is 3. The van der Waals surface area contributed by atoms with Gasteiger partial charge in [-0.2, -0.15) is 0 Å². The Balaban J connectivity index is 1.59. The fraction of sp³-hybridized carbons (Fsp3) is 0.0345. The van der Waals surface area contributed by atoms with E-state index < -0.39 is 5.82 Å². The predicted octanol–water partition coefficient (Wildman–Crippen LogP) is 6.72. The van der Waals surface area contributed by atoms with Gasteiger partial charge in [0.05, 0.1) is 5.52 Å². The Bertz CT molecular complexity index is 1600. The molecule has 0 aliphatic heterocycles. The lowest BCUT2D eigenvalue weighted by Crippen LogP contribution is -2.07. The number of rotatable bonds is 6. The van der Waals surface area contributed by atoms with Crippen molar-refractivity contribution in [1.29, 1.82) is 0 Å². The van der Waals surface area contributed by atoms with E-state index in [2.05, 4.69) is 26.8 Å². The van der Waals surface area contributed by atoms with Crippen LogP contribution in [0.1, 0.15) is 5.82 Å². The Kier molecular flexibility index (Phi) is 6.19. The van der Waals surface area contributed by atoms with Gasteiger partial charge in [-0.05, 0) is 72.2 Å². The molecule has 0 radical (unpaired) electrons. The summed E-state index contributed by atoms with van der Waals surface area (Å²) in [5, 5.41) is 3.59. The molecule has 0 aliphatic carbocycles. The zero-order chi connectivity index (χ0) is 25.1. The quantitative estimate of drug-likeness (QED) is 0.275. The zero-order valence-corrected chi connectivity index (χ0v) is 19.4. The molecule has 1 N–H and O–H groups in total. The van der Waals surface area contributed by atoms with Crippen molar-refractivity contribution >= 4 is 22.5 Å². The van der Waals surface area contributed by atoms with Gasteiger partial charge < -0.3 is 10.1 Å². The Labute approximate surface area is 207 Å². The minimum Gasteiger partial charge on any atom is -0.436 e. The first-order valence-corrected chi connectivity index (χ1v) is 11.2. The van der Waals surface area contributed by atoms with E-state index in [-0.39, 0.29) is 11.7 Å². The van der Waals surface area contributed by atoms with Gasteiger partial charge in [-0.3, -0.25) is 4.79 Å². The van der Waals surface area contributed by atoms with Crippen LogP contribution in [0.4, 0.5) is 10.1 Å². The summed E-state index contributed by atoms with van der Waals surface area (Å²) < 4.78 is 20.6. The van der Waals surface area contributed by atoms with Crippen molar-refractivity contribution in [3.8, 4) is 33.9 Å². The zero-order valence-electron chi connectivity index (χ0n) is 19.4. The highest BCUT2D eigenvalue weighted by atomic mass is 19.1. The van der Waals surface area contributed by atoms with E-state index in [1.54, 1.807) is 48.8 Å². The number of halogens is 1. The Morgan fingerprint density at radius 2 is 1.86 bits per heavy atom. The Morgan fingerprint density at radius 3 is 2.64 bits per heavy atom. The summed E-state index contributed by atoms with van der Waals surface area (Å²) in [7, 11) is 0. The second-order valence-corrected chi connectivity index (χ2v) is 8.07. The molecule has 3 aromatic carbocycles. The molecule has 176 valence electrons. The average Bonchev–Trinajstić information content (AvgIpc) is 2.90. The van der Waals surface area contributed by atoms with Gasteiger partial charge in [-0.1, -0.05) is 30.8 Å². The minimum atomic E-state index is -0.505. The van der Waals surface area contributed by atoms with Crippen LogP contribution in [0.25, 0.3) is 33.2 Å². The van der Waals surface area contributed by atoms with Gasteiger partial charge in [-0.25, -0.2) is 19.3 Å². The summed E-state index contributed by atoms with van der Waals surface area (Å²) in [6.45, 7) is 5.32. The molecule has 0 atom stereocenters. The monoisotopic (exact) mass is 476 g/mol. The van der Waals surface area contributed by atoms with E-state index in [0.717, 1.165) is 27.6 Å². The van der Waals surface area contributed by atoms with Crippen LogP contribution in [-0.4, -0.2) is 20.9 Å². The number of anilines is 1. The van der Waals surface area contributed by atoms with E-state index in [1.807, 2.05) is 37.3 Å². The van der Waals surface area contributed by atoms with E-state index >= 15 is 0 Å². The van der Waals surface area contributed by atoms with Gasteiger partial charge in [0, 0.05) is 35.1 Å². The average molecular weight is 477 g/mol. The van der Waals surface area contributed by atoms with Gasteiger partial charge >= 0.3 is 0 Å². The van der Waals surface area contributed by atoms with Gasteiger partial charge in [0.15, 0.2) is 11.6 Å². The molecule has 6 nitrogen and oxygen atoms in total. The van der Waals surface area contributed by atoms with Crippen LogP contribution in [0, 0.1) is 12.7 Å². The van der Waals surface area contributed by atoms with Crippen molar-refractivity contribution in [3.05, 3.63) is 109 Å². The fourth-order valence-corrected chi connectivity index (χ4v) is 3.86. The third kappa shape index (κ3) is 4.81. The number of hydrogen-bond donors (Lipinski definition) is 1. The van der Waals surface area contributed by atoms with Crippen LogP contribution in [0.15, 0.2) is 97.8 Å². The maximum atomic E-state index is 15.0. The van der Waals surface area contributed by atoms with Crippen LogP contribution >= 0.6 is 0 Å². The predicted molar refractivity (Wildman–Crippen MR) is 138 cm³/mol. The Hall–Kier alpha value is -4.91. The number of carbonyl (C=O) groups excluding carboxylic acids is 1. The second-order valence-electron chi connectivity index (χ2n) is 8.07. The van der Waals surface area contributed by atoms with Gasteiger partial charge in [-0.15, -0.1) is 0 Å². The van der Waals surface area contributed by atoms with Crippen molar-refractivity contribution in [3.63, 3.8) is 0 Å². The first-order chi connectivity index (χ1) is 17.5. The number of ether oxygens (including phenoxy) is 1. The van der Waals surface area contributed by atoms with Crippen molar-refractivity contribution in [2.45, 2.75) is 6.92 Å². The smallest absolute Gasteiger partial charge is 0.247 e. The van der Waals surface area contributed by atoms with Crippen LogP contribution in [0.2, 0.25) is 0 Å². The Morgan fingerprint density at radius 1 is 0.972 bits per heavy atom. The normalized spacial score (nSPS) is 10.7. The molecule has 0 saturated carbocycles. The first-order valence-electron chi connectivity index (χ1n) is 11.2. The summed E-state index contributed by atoms with van der Waals surface area (Å²) in [6, 6.07) is 21.3. The van der Waals surface area contributed by atoms with E-state index in [9.17, 15) is 9.18 Å². The summed E-state index contributed by atoms with van der Waals surface area (Å²) in [5.74, 6) is 0.229. The molecule has 2 heterocycles. The van der Waals surface area contributed by atoms with Crippen molar-refractivity contribution < 1.29 is 13.9 Å². The molecule has 5 rings (SSSR count). The van der Waals surface area contributed by atoms with Crippen LogP contribution in [0.5, 0.6) is 11.6 Å². The molecule has 5 aromatic rings. The van der Waals surface area contributed by atoms with Gasteiger partial charge in [0.1, 0.15) is 5.82 Å². The number of aromatic nitrogens is 3. The van der Waals surface area contributed by atoms with Crippen molar-refractivity contribution in [1.82, 2.24) is 15.0 Å². The molecule has 0 fully saturated rings. The number of nitrogens with one attached hydrogen (secondary N) is 1. The summed E-state index contributed by atoms with van der Waals surface area (Å²) >= 11 is 0. The van der Waals surface area contributed by atoms with Crippen LogP contribution < -0.4 is 10.1 Å². The van der Waals surface area contributed by atoms with E-state index in [0.29, 0.717) is 23.0 Å². The molecule has 1 amide bonds. The standard InChI is InChI=1S/C29H21FN4O2/c1-3-27(35)34-23-8-6-7-20(14-23)24-15-21(13-22-17-32-18(2)33-29(22)24)19-10-11-26(25(30)16-19)36-28-9-4-5-12-31-28/h3-17H,1H2,2H3,(H,34,35). The molecule has 36 heavy (non-hydrogen) atoms. The number of fused-ring (bicyclic) bond motifs is 1. The number of hydrogen-bond acceptors (Lipinski definition) is 5. The highest BCUT2D eigenvalue weighted by molar-refractivity contribution is 6.01. The third-order valence-electron chi connectivity index (χ3n) is 5.55. The van der Waals surface area contributed by atoms with Gasteiger partial charge in [0.2, 0.25) is 11.8 Å².